The van der Waals surface area contributed by atoms with Crippen LogP contribution < -0.4 is 10.6 Å². The number of carboxylic acids is 2. The topological polar surface area (TPSA) is 116 Å². The van der Waals surface area contributed by atoms with Gasteiger partial charge < -0.3 is 15.5 Å². The summed E-state index contributed by atoms with van der Waals surface area (Å²) in [6.07, 6.45) is -5.08. The highest BCUT2D eigenvalue weighted by Gasteiger charge is 2.38. The number of amides is 1. The monoisotopic (exact) mass is 306 g/mol. The van der Waals surface area contributed by atoms with Crippen molar-refractivity contribution in [1.82, 2.24) is 10.6 Å². The number of aliphatic carboxylic acids is 2. The summed E-state index contributed by atoms with van der Waals surface area (Å²) in [5, 5.41) is 20.6. The van der Waals surface area contributed by atoms with Crippen LogP contribution in [0.1, 0.15) is 6.92 Å². The lowest BCUT2D eigenvalue weighted by Gasteiger charge is -2.11. The van der Waals surface area contributed by atoms with Gasteiger partial charge >= 0.3 is 18.1 Å². The van der Waals surface area contributed by atoms with Crippen molar-refractivity contribution < 1.29 is 37.8 Å². The lowest BCUT2D eigenvalue weighted by atomic mass is 10.3. The first-order valence-corrected chi connectivity index (χ1v) is 5.27. The summed E-state index contributed by atoms with van der Waals surface area (Å²) in [4.78, 5) is 29.6. The number of nitrogens with one attached hydrogen (secondary N) is 2. The second-order valence-electron chi connectivity index (χ2n) is 2.99. The minimum atomic E-state index is -5.08. The van der Waals surface area contributed by atoms with Gasteiger partial charge in [0.1, 0.15) is 6.04 Å². The Bertz CT molecular complexity index is 324. The third-order valence-electron chi connectivity index (χ3n) is 1.41. The fourth-order valence-electron chi connectivity index (χ4n) is 0.529. The van der Waals surface area contributed by atoms with E-state index < -0.39 is 24.2 Å². The molecule has 1 amide bonds. The van der Waals surface area contributed by atoms with Crippen molar-refractivity contribution in [3.05, 3.63) is 0 Å². The van der Waals surface area contributed by atoms with Gasteiger partial charge in [-0.2, -0.15) is 25.8 Å². The first-order chi connectivity index (χ1) is 8.52. The molecular weight excluding hydrogens is 293 g/mol. The summed E-state index contributed by atoms with van der Waals surface area (Å²) in [6, 6.07) is -0.722. The zero-order valence-electron chi connectivity index (χ0n) is 9.69. The minimum Gasteiger partial charge on any atom is -0.480 e. The molecule has 0 saturated heterocycles. The van der Waals surface area contributed by atoms with E-state index in [9.17, 15) is 22.8 Å². The molecule has 0 heterocycles. The van der Waals surface area contributed by atoms with Gasteiger partial charge in [-0.05, 0) is 0 Å². The van der Waals surface area contributed by atoms with Crippen LogP contribution in [0.15, 0.2) is 0 Å². The molecule has 0 aromatic heterocycles. The molecule has 0 aromatic rings. The quantitative estimate of drug-likeness (QED) is 0.351. The Hall–Kier alpha value is -1.49. The lowest BCUT2D eigenvalue weighted by Crippen LogP contribution is -2.44. The van der Waals surface area contributed by atoms with Crippen molar-refractivity contribution in [2.75, 3.05) is 12.4 Å². The number of hydrogen-bond donors (Lipinski definition) is 5. The van der Waals surface area contributed by atoms with Crippen molar-refractivity contribution in [1.29, 1.82) is 0 Å². The van der Waals surface area contributed by atoms with Crippen LogP contribution in [0.2, 0.25) is 0 Å². The first-order valence-electron chi connectivity index (χ1n) is 4.64. The molecule has 0 spiro atoms. The molecule has 0 aliphatic rings. The molecule has 0 aliphatic heterocycles. The molecule has 1 atom stereocenters. The van der Waals surface area contributed by atoms with E-state index in [0.717, 1.165) is 0 Å². The SMILES string of the molecule is CC(=O)NCN[C@H](CS)C(=O)O.O=C(O)C(F)(F)F. The van der Waals surface area contributed by atoms with Crippen molar-refractivity contribution >= 4 is 30.5 Å². The van der Waals surface area contributed by atoms with Gasteiger partial charge in [-0.15, -0.1) is 0 Å². The van der Waals surface area contributed by atoms with E-state index in [-0.39, 0.29) is 18.3 Å². The molecule has 0 aliphatic carbocycles. The molecular formula is C8H13F3N2O5S. The molecule has 19 heavy (non-hydrogen) atoms. The molecule has 4 N–H and O–H groups in total. The zero-order valence-corrected chi connectivity index (χ0v) is 10.6. The van der Waals surface area contributed by atoms with Crippen LogP contribution in [-0.2, 0) is 14.4 Å². The van der Waals surface area contributed by atoms with E-state index in [2.05, 4.69) is 23.3 Å². The number of carboxylic acid groups (broad SMARTS) is 2. The van der Waals surface area contributed by atoms with Gasteiger partial charge in [0.25, 0.3) is 0 Å². The smallest absolute Gasteiger partial charge is 0.480 e. The van der Waals surface area contributed by atoms with Crippen LogP contribution in [0.4, 0.5) is 13.2 Å². The summed E-state index contributed by atoms with van der Waals surface area (Å²) in [6.45, 7) is 1.50. The number of carbonyl (C=O) groups is 3. The van der Waals surface area contributed by atoms with E-state index in [0.29, 0.717) is 0 Å². The van der Waals surface area contributed by atoms with Crippen LogP contribution >= 0.6 is 12.6 Å². The Morgan fingerprint density at radius 3 is 1.89 bits per heavy atom. The number of hydrogen-bond acceptors (Lipinski definition) is 5. The van der Waals surface area contributed by atoms with E-state index in [1.54, 1.807) is 0 Å². The molecule has 0 rings (SSSR count). The van der Waals surface area contributed by atoms with Crippen molar-refractivity contribution in [2.45, 2.75) is 19.1 Å². The third-order valence-corrected chi connectivity index (χ3v) is 1.77. The van der Waals surface area contributed by atoms with Crippen molar-refractivity contribution in [3.8, 4) is 0 Å². The molecule has 0 bridgehead atoms. The molecule has 0 fully saturated rings. The van der Waals surface area contributed by atoms with Crippen molar-refractivity contribution in [2.24, 2.45) is 0 Å². The molecule has 0 aromatic carbocycles. The maximum Gasteiger partial charge on any atom is 0.490 e. The fourth-order valence-corrected chi connectivity index (χ4v) is 0.814. The highest BCUT2D eigenvalue weighted by atomic mass is 32.1. The van der Waals surface area contributed by atoms with Gasteiger partial charge in [0.15, 0.2) is 0 Å². The van der Waals surface area contributed by atoms with E-state index >= 15 is 0 Å². The standard InChI is InChI=1S/C6H12N2O3S.C2HF3O2/c1-4(9)7-3-8-5(2-12)6(10)11;3-2(4,5)1(6)7/h5,8,12H,2-3H2,1H3,(H,7,9)(H,10,11);(H,6,7)/t5-;/m1./s1. The Kier molecular flexibility index (Phi) is 9.86. The fraction of sp³-hybridized carbons (Fsp3) is 0.625. The molecule has 0 unspecified atom stereocenters. The molecule has 11 heteroatoms. The summed E-state index contributed by atoms with van der Waals surface area (Å²) in [5.41, 5.74) is 0. The maximum atomic E-state index is 10.6. The highest BCUT2D eigenvalue weighted by molar-refractivity contribution is 7.80. The third kappa shape index (κ3) is 12.8. The van der Waals surface area contributed by atoms with E-state index in [1.165, 1.54) is 6.92 Å². The predicted octanol–water partition coefficient (Wildman–Crippen LogP) is -0.314. The predicted molar refractivity (Wildman–Crippen MR) is 60.8 cm³/mol. The van der Waals surface area contributed by atoms with Crippen LogP contribution in [0.25, 0.3) is 0 Å². The maximum absolute atomic E-state index is 10.6. The van der Waals surface area contributed by atoms with Gasteiger partial charge in [0, 0.05) is 12.7 Å². The van der Waals surface area contributed by atoms with Gasteiger partial charge in [0.2, 0.25) is 5.91 Å². The second kappa shape index (κ2) is 9.44. The minimum absolute atomic E-state index is 0.146. The Labute approximate surface area is 111 Å². The van der Waals surface area contributed by atoms with Gasteiger partial charge in [-0.1, -0.05) is 0 Å². The van der Waals surface area contributed by atoms with Gasteiger partial charge in [-0.25, -0.2) is 4.79 Å². The molecule has 7 nitrogen and oxygen atoms in total. The Balaban J connectivity index is 0. The van der Waals surface area contributed by atoms with Gasteiger partial charge in [0.05, 0.1) is 6.67 Å². The number of alkyl halides is 3. The normalized spacial score (nSPS) is 11.8. The lowest BCUT2D eigenvalue weighted by molar-refractivity contribution is -0.192. The Morgan fingerprint density at radius 2 is 1.68 bits per heavy atom. The molecule has 112 valence electrons. The number of halogens is 3. The zero-order chi connectivity index (χ0) is 15.6. The largest absolute Gasteiger partial charge is 0.490 e. The summed E-state index contributed by atoms with van der Waals surface area (Å²) >= 11 is 3.82. The summed E-state index contributed by atoms with van der Waals surface area (Å²) in [5.74, 6) is -3.75. The molecule has 0 radical (unpaired) electrons. The summed E-state index contributed by atoms with van der Waals surface area (Å²) < 4.78 is 31.7. The average molecular weight is 306 g/mol. The average Bonchev–Trinajstić information content (AvgIpc) is 2.23. The van der Waals surface area contributed by atoms with Crippen molar-refractivity contribution in [3.63, 3.8) is 0 Å². The van der Waals surface area contributed by atoms with Crippen LogP contribution in [-0.4, -0.2) is 52.7 Å². The van der Waals surface area contributed by atoms with Crippen LogP contribution in [0, 0.1) is 0 Å². The number of carbonyl (C=O) groups excluding carboxylic acids is 1. The second-order valence-corrected chi connectivity index (χ2v) is 3.36. The number of rotatable bonds is 5. The highest BCUT2D eigenvalue weighted by Crippen LogP contribution is 2.13. The Morgan fingerprint density at radius 1 is 1.26 bits per heavy atom. The van der Waals surface area contributed by atoms with Crippen LogP contribution in [0.5, 0.6) is 0 Å². The van der Waals surface area contributed by atoms with Crippen LogP contribution in [0.3, 0.4) is 0 Å². The number of thiol groups is 1. The first kappa shape index (κ1) is 19.8. The van der Waals surface area contributed by atoms with Gasteiger partial charge in [-0.3, -0.25) is 14.9 Å². The van der Waals surface area contributed by atoms with E-state index in [1.807, 2.05) is 0 Å². The molecule has 0 saturated carbocycles. The summed E-state index contributed by atoms with van der Waals surface area (Å²) in [7, 11) is 0. The van der Waals surface area contributed by atoms with E-state index in [4.69, 9.17) is 15.0 Å².